The Bertz CT molecular complexity index is 872. The largest absolute Gasteiger partial charge is 0.488 e. The van der Waals surface area contributed by atoms with Crippen molar-refractivity contribution >= 4 is 28.6 Å². The Labute approximate surface area is 140 Å². The van der Waals surface area contributed by atoms with Crippen LogP contribution in [-0.2, 0) is 0 Å². The monoisotopic (exact) mass is 354 g/mol. The van der Waals surface area contributed by atoms with Crippen LogP contribution in [0.25, 0.3) is 11.2 Å². The van der Waals surface area contributed by atoms with Gasteiger partial charge in [0.15, 0.2) is 11.5 Å². The van der Waals surface area contributed by atoms with Gasteiger partial charge in [0.1, 0.15) is 17.9 Å². The molecular weight excluding hydrogens is 342 g/mol. The van der Waals surface area contributed by atoms with Crippen molar-refractivity contribution in [3.05, 3.63) is 35.6 Å². The molecule has 0 aliphatic carbocycles. The maximum atomic E-state index is 12.3. The number of pyridine rings is 1. The molecule has 0 saturated carbocycles. The van der Waals surface area contributed by atoms with Gasteiger partial charge in [0.25, 0.3) is 6.43 Å². The number of ether oxygens (including phenoxy) is 1. The average molecular weight is 355 g/mol. The van der Waals surface area contributed by atoms with E-state index in [4.69, 9.17) is 22.1 Å². The molecule has 3 heterocycles. The summed E-state index contributed by atoms with van der Waals surface area (Å²) in [6.07, 6.45) is 0.492. The molecule has 0 spiro atoms. The molecular formula is C14H13ClF2N6O. The van der Waals surface area contributed by atoms with Crippen LogP contribution in [0.1, 0.15) is 18.7 Å². The van der Waals surface area contributed by atoms with E-state index < -0.39 is 13.0 Å². The molecule has 0 radical (unpaired) electrons. The van der Waals surface area contributed by atoms with Gasteiger partial charge in [0.2, 0.25) is 5.28 Å². The fourth-order valence-electron chi connectivity index (χ4n) is 2.24. The highest BCUT2D eigenvalue weighted by atomic mass is 35.5. The SMILES string of the molecule is C[C@H](c1cc(OCC(F)F)ccn1)n1cnc2c(N)nc(Cl)nc21. The van der Waals surface area contributed by atoms with Crippen LogP contribution in [-0.4, -0.2) is 37.5 Å². The van der Waals surface area contributed by atoms with Crippen LogP contribution in [0, 0.1) is 0 Å². The third-order valence-corrected chi connectivity index (χ3v) is 3.56. The molecule has 0 unspecified atom stereocenters. The van der Waals surface area contributed by atoms with Crippen LogP contribution in [0.5, 0.6) is 5.75 Å². The van der Waals surface area contributed by atoms with E-state index in [2.05, 4.69) is 19.9 Å². The molecule has 24 heavy (non-hydrogen) atoms. The van der Waals surface area contributed by atoms with Gasteiger partial charge in [0.05, 0.1) is 18.1 Å². The quantitative estimate of drug-likeness (QED) is 0.708. The van der Waals surface area contributed by atoms with Gasteiger partial charge in [-0.1, -0.05) is 0 Å². The Balaban J connectivity index is 1.95. The van der Waals surface area contributed by atoms with Crippen molar-refractivity contribution in [2.24, 2.45) is 0 Å². The highest BCUT2D eigenvalue weighted by Gasteiger charge is 2.17. The minimum Gasteiger partial charge on any atom is -0.488 e. The molecule has 3 rings (SSSR count). The number of rotatable bonds is 5. The second-order valence-electron chi connectivity index (χ2n) is 5.00. The number of nitrogen functional groups attached to an aromatic ring is 1. The topological polar surface area (TPSA) is 91.7 Å². The summed E-state index contributed by atoms with van der Waals surface area (Å²) in [5.74, 6) is 0.488. The third kappa shape index (κ3) is 3.21. The first-order chi connectivity index (χ1) is 11.5. The fourth-order valence-corrected chi connectivity index (χ4v) is 2.41. The Morgan fingerprint density at radius 2 is 2.12 bits per heavy atom. The van der Waals surface area contributed by atoms with Crippen molar-refractivity contribution in [3.8, 4) is 5.75 Å². The molecule has 0 fully saturated rings. The molecule has 0 saturated heterocycles. The predicted octanol–water partition coefficient (Wildman–Crippen LogP) is 2.71. The molecule has 0 bridgehead atoms. The van der Waals surface area contributed by atoms with Crippen LogP contribution in [0.15, 0.2) is 24.7 Å². The fraction of sp³-hybridized carbons (Fsp3) is 0.286. The van der Waals surface area contributed by atoms with Crippen LogP contribution in [0.3, 0.4) is 0 Å². The number of imidazole rings is 1. The summed E-state index contributed by atoms with van der Waals surface area (Å²) in [5.41, 5.74) is 7.26. The van der Waals surface area contributed by atoms with Crippen LogP contribution in [0.4, 0.5) is 14.6 Å². The molecule has 3 aromatic rings. The van der Waals surface area contributed by atoms with Crippen LogP contribution >= 0.6 is 11.6 Å². The van der Waals surface area contributed by atoms with Crippen molar-refractivity contribution in [1.29, 1.82) is 0 Å². The molecule has 0 aromatic carbocycles. The van der Waals surface area contributed by atoms with Gasteiger partial charge in [-0.25, -0.2) is 13.8 Å². The summed E-state index contributed by atoms with van der Waals surface area (Å²) in [4.78, 5) is 16.4. The van der Waals surface area contributed by atoms with Crippen molar-refractivity contribution in [2.75, 3.05) is 12.3 Å². The highest BCUT2D eigenvalue weighted by Crippen LogP contribution is 2.26. The van der Waals surface area contributed by atoms with E-state index in [9.17, 15) is 8.78 Å². The maximum absolute atomic E-state index is 12.3. The first-order valence-electron chi connectivity index (χ1n) is 6.98. The van der Waals surface area contributed by atoms with E-state index in [1.165, 1.54) is 12.3 Å². The maximum Gasteiger partial charge on any atom is 0.272 e. The van der Waals surface area contributed by atoms with Gasteiger partial charge >= 0.3 is 0 Å². The van der Waals surface area contributed by atoms with Gasteiger partial charge in [-0.15, -0.1) is 0 Å². The normalized spacial score (nSPS) is 12.7. The number of alkyl halides is 2. The number of hydrogen-bond acceptors (Lipinski definition) is 6. The first kappa shape index (κ1) is 16.3. The molecule has 0 amide bonds. The van der Waals surface area contributed by atoms with E-state index in [-0.39, 0.29) is 17.1 Å². The minimum absolute atomic E-state index is 0.0101. The van der Waals surface area contributed by atoms with Crippen molar-refractivity contribution in [3.63, 3.8) is 0 Å². The summed E-state index contributed by atoms with van der Waals surface area (Å²) < 4.78 is 31.3. The molecule has 2 N–H and O–H groups in total. The number of nitrogens with zero attached hydrogens (tertiary/aromatic N) is 5. The molecule has 7 nitrogen and oxygen atoms in total. The lowest BCUT2D eigenvalue weighted by atomic mass is 10.2. The number of hydrogen-bond donors (Lipinski definition) is 1. The van der Waals surface area contributed by atoms with Gasteiger partial charge in [-0.3, -0.25) is 4.98 Å². The summed E-state index contributed by atoms with van der Waals surface area (Å²) in [6.45, 7) is 1.18. The van der Waals surface area contributed by atoms with Crippen LogP contribution in [0.2, 0.25) is 5.28 Å². The molecule has 10 heteroatoms. The van der Waals surface area contributed by atoms with Crippen molar-refractivity contribution < 1.29 is 13.5 Å². The number of fused-ring (bicyclic) bond motifs is 1. The van der Waals surface area contributed by atoms with Gasteiger partial charge in [-0.05, 0) is 24.6 Å². The van der Waals surface area contributed by atoms with E-state index in [1.54, 1.807) is 17.0 Å². The smallest absolute Gasteiger partial charge is 0.272 e. The molecule has 0 aliphatic rings. The third-order valence-electron chi connectivity index (χ3n) is 3.39. The Kier molecular flexibility index (Phi) is 4.43. The number of aromatic nitrogens is 5. The minimum atomic E-state index is -2.54. The summed E-state index contributed by atoms with van der Waals surface area (Å²) in [5, 5.41) is 0.0101. The lowest BCUT2D eigenvalue weighted by molar-refractivity contribution is 0.0818. The lowest BCUT2D eigenvalue weighted by Gasteiger charge is -2.14. The number of nitrogens with two attached hydrogens (primary N) is 1. The lowest BCUT2D eigenvalue weighted by Crippen LogP contribution is -2.10. The second kappa shape index (κ2) is 6.52. The Morgan fingerprint density at radius 3 is 2.88 bits per heavy atom. The summed E-state index contributed by atoms with van der Waals surface area (Å²) in [7, 11) is 0. The van der Waals surface area contributed by atoms with Gasteiger partial charge in [-0.2, -0.15) is 9.97 Å². The Hall–Kier alpha value is -2.55. The molecule has 126 valence electrons. The average Bonchev–Trinajstić information content (AvgIpc) is 2.96. The highest BCUT2D eigenvalue weighted by molar-refractivity contribution is 6.28. The number of halogens is 3. The Morgan fingerprint density at radius 1 is 1.33 bits per heavy atom. The predicted molar refractivity (Wildman–Crippen MR) is 84.3 cm³/mol. The van der Waals surface area contributed by atoms with Gasteiger partial charge in [0, 0.05) is 12.3 Å². The molecule has 3 aromatic heterocycles. The van der Waals surface area contributed by atoms with Gasteiger partial charge < -0.3 is 15.0 Å². The zero-order valence-electron chi connectivity index (χ0n) is 12.5. The summed E-state index contributed by atoms with van der Waals surface area (Å²) >= 11 is 5.85. The standard InChI is InChI=1S/C14H13ClF2N6O/c1-7(9-4-8(2-3-19-9)24-5-10(16)17)23-6-20-11-12(18)21-14(15)22-13(11)23/h2-4,6-7,10H,5H2,1H3,(H2,18,21,22)/t7-/m1/s1. The summed E-state index contributed by atoms with van der Waals surface area (Å²) in [6, 6.07) is 2.81. The first-order valence-corrected chi connectivity index (χ1v) is 7.36. The van der Waals surface area contributed by atoms with Crippen LogP contribution < -0.4 is 10.5 Å². The number of anilines is 1. The van der Waals surface area contributed by atoms with E-state index in [0.717, 1.165) is 0 Å². The zero-order chi connectivity index (χ0) is 17.3. The molecule has 0 aliphatic heterocycles. The zero-order valence-corrected chi connectivity index (χ0v) is 13.3. The van der Waals surface area contributed by atoms with Crippen molar-refractivity contribution in [2.45, 2.75) is 19.4 Å². The van der Waals surface area contributed by atoms with E-state index in [0.29, 0.717) is 22.6 Å². The van der Waals surface area contributed by atoms with Crippen molar-refractivity contribution in [1.82, 2.24) is 24.5 Å². The van der Waals surface area contributed by atoms with E-state index >= 15 is 0 Å². The van der Waals surface area contributed by atoms with E-state index in [1.807, 2.05) is 6.92 Å². The second-order valence-corrected chi connectivity index (χ2v) is 5.33. The molecule has 1 atom stereocenters.